The highest BCUT2D eigenvalue weighted by Gasteiger charge is 2.01. The Morgan fingerprint density at radius 3 is 2.22 bits per heavy atom. The summed E-state index contributed by atoms with van der Waals surface area (Å²) in [6.45, 7) is 7.46. The zero-order valence-corrected chi connectivity index (χ0v) is 21.7. The van der Waals surface area contributed by atoms with E-state index in [-0.39, 0.29) is 24.0 Å². The van der Waals surface area contributed by atoms with Gasteiger partial charge in [-0.25, -0.2) is 0 Å². The minimum absolute atomic E-state index is 0. The minimum Gasteiger partial charge on any atom is -0.379 e. The van der Waals surface area contributed by atoms with Gasteiger partial charge in [0.25, 0.3) is 0 Å². The van der Waals surface area contributed by atoms with Gasteiger partial charge in [-0.3, -0.25) is 4.99 Å². The van der Waals surface area contributed by atoms with Crippen LogP contribution in [0.1, 0.15) is 36.5 Å². The third-order valence-corrected chi connectivity index (χ3v) is 4.61. The van der Waals surface area contributed by atoms with Gasteiger partial charge in [0.05, 0.1) is 33.0 Å². The molecule has 2 N–H and O–H groups in total. The van der Waals surface area contributed by atoms with Gasteiger partial charge in [-0.2, -0.15) is 0 Å². The molecule has 0 fully saturated rings. The molecule has 2 aromatic carbocycles. The molecule has 0 amide bonds. The van der Waals surface area contributed by atoms with Gasteiger partial charge >= 0.3 is 0 Å². The molecule has 0 unspecified atom stereocenters. The normalized spacial score (nSPS) is 11.1. The monoisotopic (exact) mass is 555 g/mol. The molecule has 32 heavy (non-hydrogen) atoms. The summed E-state index contributed by atoms with van der Waals surface area (Å²) in [5, 5.41) is 6.60. The van der Waals surface area contributed by atoms with Crippen LogP contribution in [0.2, 0.25) is 0 Å². The van der Waals surface area contributed by atoms with Gasteiger partial charge in [0.2, 0.25) is 0 Å². The number of nitrogens with zero attached hydrogens (tertiary/aromatic N) is 1. The van der Waals surface area contributed by atoms with E-state index in [9.17, 15) is 0 Å². The number of hydrogen-bond acceptors (Lipinski definition) is 4. The molecule has 0 heterocycles. The third kappa shape index (κ3) is 13.0. The Balaban J connectivity index is 0.00000512. The molecule has 0 aliphatic rings. The number of rotatable bonds is 15. The Morgan fingerprint density at radius 1 is 0.781 bits per heavy atom. The molecule has 2 aromatic rings. The zero-order valence-electron chi connectivity index (χ0n) is 19.3. The molecular formula is C25H38IN3O3. The van der Waals surface area contributed by atoms with E-state index in [1.165, 1.54) is 11.1 Å². The highest BCUT2D eigenvalue weighted by Crippen LogP contribution is 2.09. The van der Waals surface area contributed by atoms with Crippen molar-refractivity contribution in [2.45, 2.75) is 39.5 Å². The smallest absolute Gasteiger partial charge is 0.191 e. The lowest BCUT2D eigenvalue weighted by Gasteiger charge is -2.13. The minimum atomic E-state index is 0. The number of unbranched alkanes of at least 4 members (excludes halogenated alkanes) is 1. The van der Waals surface area contributed by atoms with Crippen molar-refractivity contribution < 1.29 is 14.2 Å². The molecule has 0 aliphatic heterocycles. The van der Waals surface area contributed by atoms with Crippen LogP contribution in [-0.2, 0) is 34.0 Å². The van der Waals surface area contributed by atoms with E-state index in [1.807, 2.05) is 18.2 Å². The van der Waals surface area contributed by atoms with E-state index in [2.05, 4.69) is 58.9 Å². The molecule has 178 valence electrons. The summed E-state index contributed by atoms with van der Waals surface area (Å²) < 4.78 is 16.9. The molecule has 2 rings (SSSR count). The predicted octanol–water partition coefficient (Wildman–Crippen LogP) is 4.52. The average molecular weight is 556 g/mol. The summed E-state index contributed by atoms with van der Waals surface area (Å²) >= 11 is 0. The maximum absolute atomic E-state index is 5.84. The van der Waals surface area contributed by atoms with Crippen LogP contribution in [-0.4, -0.2) is 46.0 Å². The first-order chi connectivity index (χ1) is 15.3. The Morgan fingerprint density at radius 2 is 1.47 bits per heavy atom. The second kappa shape index (κ2) is 18.8. The van der Waals surface area contributed by atoms with E-state index < -0.39 is 0 Å². The molecular weight excluding hydrogens is 517 g/mol. The summed E-state index contributed by atoms with van der Waals surface area (Å²) in [4.78, 5) is 4.27. The maximum atomic E-state index is 5.84. The molecule has 0 atom stereocenters. The first-order valence-corrected chi connectivity index (χ1v) is 11.1. The van der Waals surface area contributed by atoms with Gasteiger partial charge in [0.15, 0.2) is 5.96 Å². The van der Waals surface area contributed by atoms with Crippen LogP contribution in [0.4, 0.5) is 0 Å². The second-order valence-electron chi connectivity index (χ2n) is 7.23. The molecule has 0 aliphatic carbocycles. The number of aliphatic imine (C=N–C) groups is 1. The lowest BCUT2D eigenvalue weighted by Crippen LogP contribution is -2.38. The molecule has 0 bridgehead atoms. The number of nitrogens with one attached hydrogen (secondary N) is 2. The molecule has 6 nitrogen and oxygen atoms in total. The zero-order chi connectivity index (χ0) is 22.0. The number of guanidine groups is 1. The fourth-order valence-corrected chi connectivity index (χ4v) is 2.91. The van der Waals surface area contributed by atoms with E-state index in [0.717, 1.165) is 31.0 Å². The summed E-state index contributed by atoms with van der Waals surface area (Å²) in [6, 6.07) is 18.6. The van der Waals surface area contributed by atoms with Crippen molar-refractivity contribution in [2.24, 2.45) is 4.99 Å². The molecule has 0 aromatic heterocycles. The van der Waals surface area contributed by atoms with Gasteiger partial charge in [-0.15, -0.1) is 24.0 Å². The van der Waals surface area contributed by atoms with Crippen LogP contribution < -0.4 is 10.6 Å². The number of halogens is 1. The van der Waals surface area contributed by atoms with Crippen LogP contribution in [0.25, 0.3) is 0 Å². The fraction of sp³-hybridized carbons (Fsp3) is 0.480. The average Bonchev–Trinajstić information content (AvgIpc) is 2.81. The Labute approximate surface area is 210 Å². The lowest BCUT2D eigenvalue weighted by molar-refractivity contribution is 0.0487. The van der Waals surface area contributed by atoms with Crippen molar-refractivity contribution >= 4 is 29.9 Å². The third-order valence-electron chi connectivity index (χ3n) is 4.61. The first kappa shape index (κ1) is 28.4. The molecule has 7 heteroatoms. The van der Waals surface area contributed by atoms with Crippen molar-refractivity contribution in [3.63, 3.8) is 0 Å². The van der Waals surface area contributed by atoms with Crippen LogP contribution in [0, 0.1) is 0 Å². The quantitative estimate of drug-likeness (QED) is 0.147. The van der Waals surface area contributed by atoms with Crippen LogP contribution in [0.5, 0.6) is 0 Å². The van der Waals surface area contributed by atoms with Gasteiger partial charge < -0.3 is 24.8 Å². The van der Waals surface area contributed by atoms with E-state index in [4.69, 9.17) is 14.2 Å². The van der Waals surface area contributed by atoms with E-state index in [0.29, 0.717) is 46.1 Å². The van der Waals surface area contributed by atoms with Crippen molar-refractivity contribution in [3.8, 4) is 0 Å². The van der Waals surface area contributed by atoms with E-state index in [1.54, 1.807) is 7.05 Å². The number of hydrogen-bond donors (Lipinski definition) is 2. The summed E-state index contributed by atoms with van der Waals surface area (Å²) in [5.41, 5.74) is 3.53. The number of benzene rings is 2. The molecule has 0 spiro atoms. The van der Waals surface area contributed by atoms with Crippen molar-refractivity contribution in [2.75, 3.05) is 40.0 Å². The molecule has 0 saturated carbocycles. The predicted molar refractivity (Wildman–Crippen MR) is 142 cm³/mol. The summed E-state index contributed by atoms with van der Waals surface area (Å²) in [7, 11) is 1.77. The lowest BCUT2D eigenvalue weighted by atomic mass is 10.1. The van der Waals surface area contributed by atoms with Crippen LogP contribution in [0.15, 0.2) is 59.6 Å². The van der Waals surface area contributed by atoms with Crippen LogP contribution >= 0.6 is 24.0 Å². The van der Waals surface area contributed by atoms with Gasteiger partial charge in [-0.1, -0.05) is 67.9 Å². The summed E-state index contributed by atoms with van der Waals surface area (Å²) in [6.07, 6.45) is 2.26. The summed E-state index contributed by atoms with van der Waals surface area (Å²) in [5.74, 6) is 0.758. The SMILES string of the molecule is CCCCOCCOCCNC(=NC)NCc1cccc(COCc2ccccc2)c1.I. The van der Waals surface area contributed by atoms with Gasteiger partial charge in [-0.05, 0) is 23.1 Å². The Kier molecular flexibility index (Phi) is 16.7. The van der Waals surface area contributed by atoms with Crippen LogP contribution in [0.3, 0.4) is 0 Å². The Hall–Kier alpha value is -1.68. The maximum Gasteiger partial charge on any atom is 0.191 e. The van der Waals surface area contributed by atoms with Crippen molar-refractivity contribution in [1.82, 2.24) is 10.6 Å². The number of ether oxygens (including phenoxy) is 3. The van der Waals surface area contributed by atoms with Crippen molar-refractivity contribution in [3.05, 3.63) is 71.3 Å². The van der Waals surface area contributed by atoms with Gasteiger partial charge in [0.1, 0.15) is 0 Å². The fourth-order valence-electron chi connectivity index (χ4n) is 2.91. The standard InChI is InChI=1S/C25H37N3O3.HI/c1-3-4-14-29-16-17-30-15-13-27-25(26-2)28-19-23-11-8-12-24(18-23)21-31-20-22-9-6-5-7-10-22;/h5-12,18H,3-4,13-17,19-21H2,1-2H3,(H2,26,27,28);1H. The Bertz CT molecular complexity index is 744. The second-order valence-corrected chi connectivity index (χ2v) is 7.23. The van der Waals surface area contributed by atoms with Gasteiger partial charge in [0, 0.05) is 26.7 Å². The van der Waals surface area contributed by atoms with E-state index >= 15 is 0 Å². The van der Waals surface area contributed by atoms with Crippen molar-refractivity contribution in [1.29, 1.82) is 0 Å². The topological polar surface area (TPSA) is 64.1 Å². The first-order valence-electron chi connectivity index (χ1n) is 11.1. The molecule has 0 saturated heterocycles. The highest BCUT2D eigenvalue weighted by molar-refractivity contribution is 14.0. The highest BCUT2D eigenvalue weighted by atomic mass is 127. The molecule has 0 radical (unpaired) electrons. The largest absolute Gasteiger partial charge is 0.379 e.